The van der Waals surface area contributed by atoms with E-state index in [1.54, 1.807) is 11.4 Å². The number of carbonyl (C=O) groups is 1. The highest BCUT2D eigenvalue weighted by Crippen LogP contribution is 2.31. The van der Waals surface area contributed by atoms with Gasteiger partial charge in [-0.3, -0.25) is 4.79 Å². The van der Waals surface area contributed by atoms with Crippen molar-refractivity contribution < 1.29 is 13.2 Å². The van der Waals surface area contributed by atoms with E-state index in [9.17, 15) is 13.2 Å². The number of halogens is 1. The van der Waals surface area contributed by atoms with Gasteiger partial charge in [0.15, 0.2) is 0 Å². The molecule has 0 aromatic rings. The maximum atomic E-state index is 12.7. The number of nitrogens with zero attached hydrogens (tertiary/aromatic N) is 2. The molecule has 0 radical (unpaired) electrons. The first kappa shape index (κ1) is 20.6. The van der Waals surface area contributed by atoms with Gasteiger partial charge in [-0.1, -0.05) is 6.42 Å². The van der Waals surface area contributed by atoms with Crippen LogP contribution in [-0.2, 0) is 15.0 Å². The van der Waals surface area contributed by atoms with E-state index >= 15 is 0 Å². The normalized spacial score (nSPS) is 22.7. The molecule has 136 valence electrons. The van der Waals surface area contributed by atoms with Gasteiger partial charge in [0.2, 0.25) is 5.91 Å². The highest BCUT2D eigenvalue weighted by molar-refractivity contribution is 7.86. The highest BCUT2D eigenvalue weighted by Gasteiger charge is 2.37. The van der Waals surface area contributed by atoms with Crippen LogP contribution in [0.1, 0.15) is 38.5 Å². The van der Waals surface area contributed by atoms with Gasteiger partial charge in [-0.2, -0.15) is 17.0 Å². The number of nitrogens with one attached hydrogen (secondary N) is 1. The first-order valence-corrected chi connectivity index (χ1v) is 9.54. The lowest BCUT2D eigenvalue weighted by atomic mass is 10.1. The van der Waals surface area contributed by atoms with E-state index in [0.29, 0.717) is 32.1 Å². The fraction of sp³-hybridized carbons (Fsp3) is 0.929. The predicted octanol–water partition coefficient (Wildman–Crippen LogP) is 0.314. The Morgan fingerprint density at radius 3 is 2.61 bits per heavy atom. The van der Waals surface area contributed by atoms with Crippen LogP contribution in [0.3, 0.4) is 0 Å². The highest BCUT2D eigenvalue weighted by atomic mass is 35.5. The second kappa shape index (κ2) is 9.17. The van der Waals surface area contributed by atoms with Crippen molar-refractivity contribution in [3.05, 3.63) is 0 Å². The quantitative estimate of drug-likeness (QED) is 0.644. The van der Waals surface area contributed by atoms with E-state index < -0.39 is 10.2 Å². The van der Waals surface area contributed by atoms with Gasteiger partial charge in [0, 0.05) is 45.7 Å². The summed E-state index contributed by atoms with van der Waals surface area (Å²) in [6.07, 6.45) is 5.19. The molecule has 9 heteroatoms. The van der Waals surface area contributed by atoms with Gasteiger partial charge in [0.25, 0.3) is 10.2 Å². The molecule has 1 aliphatic heterocycles. The molecule has 0 bridgehead atoms. The van der Waals surface area contributed by atoms with Crippen molar-refractivity contribution in [2.75, 3.05) is 33.2 Å². The van der Waals surface area contributed by atoms with Crippen LogP contribution in [-0.4, -0.2) is 62.2 Å². The zero-order chi connectivity index (χ0) is 16.2. The van der Waals surface area contributed by atoms with Crippen molar-refractivity contribution >= 4 is 28.5 Å². The molecule has 1 heterocycles. The van der Waals surface area contributed by atoms with Crippen LogP contribution in [0.25, 0.3) is 0 Å². The second-order valence-electron chi connectivity index (χ2n) is 6.33. The number of nitrogens with two attached hydrogens (primary N) is 1. The summed E-state index contributed by atoms with van der Waals surface area (Å²) in [4.78, 5) is 11.6. The summed E-state index contributed by atoms with van der Waals surface area (Å²) in [6, 6.07) is -0.151. The zero-order valence-electron chi connectivity index (χ0n) is 13.7. The molecule has 7 nitrogen and oxygen atoms in total. The van der Waals surface area contributed by atoms with E-state index in [2.05, 4.69) is 5.32 Å². The third-order valence-corrected chi connectivity index (χ3v) is 6.39. The fourth-order valence-corrected chi connectivity index (χ4v) is 4.54. The van der Waals surface area contributed by atoms with Crippen LogP contribution in [0.5, 0.6) is 0 Å². The lowest BCUT2D eigenvalue weighted by molar-refractivity contribution is -0.121. The molecule has 3 N–H and O–H groups in total. The number of hydrogen-bond donors (Lipinski definition) is 2. The van der Waals surface area contributed by atoms with Crippen LogP contribution < -0.4 is 11.1 Å². The topological polar surface area (TPSA) is 95.7 Å². The molecule has 2 rings (SSSR count). The zero-order valence-corrected chi connectivity index (χ0v) is 15.4. The Bertz CT molecular complexity index is 484. The van der Waals surface area contributed by atoms with Crippen LogP contribution >= 0.6 is 12.4 Å². The van der Waals surface area contributed by atoms with Crippen molar-refractivity contribution in [3.63, 3.8) is 0 Å². The molecule has 0 aromatic heterocycles. The molecule has 1 aliphatic carbocycles. The minimum Gasteiger partial charge on any atom is -0.354 e. The summed E-state index contributed by atoms with van der Waals surface area (Å²) < 4.78 is 28.5. The Morgan fingerprint density at radius 2 is 2.00 bits per heavy atom. The second-order valence-corrected chi connectivity index (χ2v) is 8.32. The third kappa shape index (κ3) is 5.86. The Morgan fingerprint density at radius 1 is 1.30 bits per heavy atom. The number of rotatable bonds is 8. The minimum atomic E-state index is -3.44. The van der Waals surface area contributed by atoms with E-state index in [0.717, 1.165) is 32.1 Å². The van der Waals surface area contributed by atoms with Crippen molar-refractivity contribution in [2.45, 2.75) is 44.6 Å². The standard InChI is InChI=1S/C14H28N4O3S.ClH/c1-17(11-12-5-6-12)22(20,21)18-9-3-2-4-13(18)10-16-14(19)7-8-15;/h12-13H,2-11,15H2,1H3,(H,16,19);1H. The number of amides is 1. The lowest BCUT2D eigenvalue weighted by Gasteiger charge is -2.37. The molecule has 2 fully saturated rings. The number of hydrogen-bond acceptors (Lipinski definition) is 4. The van der Waals surface area contributed by atoms with Crippen LogP contribution in [0.2, 0.25) is 0 Å². The monoisotopic (exact) mass is 368 g/mol. The van der Waals surface area contributed by atoms with E-state index in [1.165, 1.54) is 4.31 Å². The molecule has 1 amide bonds. The molecule has 23 heavy (non-hydrogen) atoms. The Kier molecular flexibility index (Phi) is 8.23. The summed E-state index contributed by atoms with van der Waals surface area (Å²) in [5, 5.41) is 2.80. The van der Waals surface area contributed by atoms with Crippen molar-refractivity contribution in [1.82, 2.24) is 13.9 Å². The van der Waals surface area contributed by atoms with Gasteiger partial charge in [0.1, 0.15) is 0 Å². The Labute approximate surface area is 145 Å². The minimum absolute atomic E-state index is 0. The maximum Gasteiger partial charge on any atom is 0.282 e. The molecule has 1 atom stereocenters. The molecular formula is C14H29ClN4O3S. The van der Waals surface area contributed by atoms with Crippen molar-refractivity contribution in [2.24, 2.45) is 11.7 Å². The van der Waals surface area contributed by atoms with Crippen LogP contribution in [0.15, 0.2) is 0 Å². The van der Waals surface area contributed by atoms with Crippen LogP contribution in [0.4, 0.5) is 0 Å². The molecule has 2 aliphatic rings. The molecule has 0 spiro atoms. The van der Waals surface area contributed by atoms with Gasteiger partial charge in [-0.25, -0.2) is 0 Å². The van der Waals surface area contributed by atoms with Gasteiger partial charge < -0.3 is 11.1 Å². The summed E-state index contributed by atoms with van der Waals surface area (Å²) >= 11 is 0. The average molecular weight is 369 g/mol. The van der Waals surface area contributed by atoms with Crippen LogP contribution in [0, 0.1) is 5.92 Å². The molecule has 0 aromatic carbocycles. The smallest absolute Gasteiger partial charge is 0.282 e. The average Bonchev–Trinajstić information content (AvgIpc) is 3.29. The van der Waals surface area contributed by atoms with Gasteiger partial charge >= 0.3 is 0 Å². The fourth-order valence-electron chi connectivity index (χ4n) is 2.87. The first-order chi connectivity index (χ1) is 10.4. The lowest BCUT2D eigenvalue weighted by Crippen LogP contribution is -2.53. The van der Waals surface area contributed by atoms with E-state index in [-0.39, 0.29) is 30.8 Å². The van der Waals surface area contributed by atoms with Crippen molar-refractivity contribution in [1.29, 1.82) is 0 Å². The van der Waals surface area contributed by atoms with E-state index in [1.807, 2.05) is 0 Å². The largest absolute Gasteiger partial charge is 0.354 e. The Hall–Kier alpha value is -0.410. The summed E-state index contributed by atoms with van der Waals surface area (Å²) in [7, 11) is -1.78. The third-order valence-electron chi connectivity index (χ3n) is 4.38. The summed E-state index contributed by atoms with van der Waals surface area (Å²) in [6.45, 7) is 1.82. The predicted molar refractivity (Wildman–Crippen MR) is 92.5 cm³/mol. The number of piperidine rings is 1. The number of carbonyl (C=O) groups excluding carboxylic acids is 1. The van der Waals surface area contributed by atoms with E-state index in [4.69, 9.17) is 5.73 Å². The molecule has 1 saturated heterocycles. The molecular weight excluding hydrogens is 340 g/mol. The summed E-state index contributed by atoms with van der Waals surface area (Å²) in [5.74, 6) is 0.407. The van der Waals surface area contributed by atoms with Gasteiger partial charge in [0.05, 0.1) is 0 Å². The molecule has 1 saturated carbocycles. The van der Waals surface area contributed by atoms with Gasteiger partial charge in [-0.15, -0.1) is 12.4 Å². The SMILES string of the molecule is CN(CC1CC1)S(=O)(=O)N1CCCCC1CNC(=O)CCN.Cl. The van der Waals surface area contributed by atoms with Crippen molar-refractivity contribution in [3.8, 4) is 0 Å². The first-order valence-electron chi connectivity index (χ1n) is 8.15. The van der Waals surface area contributed by atoms with Gasteiger partial charge in [-0.05, 0) is 31.6 Å². The summed E-state index contributed by atoms with van der Waals surface area (Å²) in [5.41, 5.74) is 5.35. The Balaban J connectivity index is 0.00000264. The molecule has 1 unspecified atom stereocenters. The maximum absolute atomic E-state index is 12.7.